The standard InChI is InChI=1S/C25H24N4O4S/c1-4-29-16-22(23(30)21-14-13-17(2)26-24(21)29)25(31)27-18-9-8-12-20(15-18)34(32,33)28(3)19-10-6-5-7-11-19/h5-16H,4H2,1-3H3,(H,27,31). The summed E-state index contributed by atoms with van der Waals surface area (Å²) in [5.74, 6) is -0.624. The molecule has 0 aliphatic carbocycles. The van der Waals surface area contributed by atoms with E-state index in [9.17, 15) is 18.0 Å². The van der Waals surface area contributed by atoms with Crippen molar-refractivity contribution >= 4 is 38.3 Å². The number of rotatable bonds is 6. The topological polar surface area (TPSA) is 101 Å². The van der Waals surface area contributed by atoms with Crippen LogP contribution in [0.3, 0.4) is 0 Å². The Balaban J connectivity index is 1.67. The molecule has 9 heteroatoms. The Kier molecular flexibility index (Phi) is 6.21. The Hall–Kier alpha value is -3.98. The Labute approximate surface area is 197 Å². The van der Waals surface area contributed by atoms with E-state index in [1.165, 1.54) is 29.7 Å². The van der Waals surface area contributed by atoms with E-state index in [4.69, 9.17) is 0 Å². The number of fused-ring (bicyclic) bond motifs is 1. The predicted octanol–water partition coefficient (Wildman–Crippen LogP) is 3.80. The highest BCUT2D eigenvalue weighted by Gasteiger charge is 2.22. The van der Waals surface area contributed by atoms with Crippen molar-refractivity contribution in [1.29, 1.82) is 0 Å². The quantitative estimate of drug-likeness (QED) is 0.456. The van der Waals surface area contributed by atoms with Crippen molar-refractivity contribution in [1.82, 2.24) is 9.55 Å². The van der Waals surface area contributed by atoms with E-state index in [-0.39, 0.29) is 16.1 Å². The second-order valence-corrected chi connectivity index (χ2v) is 9.74. The Bertz CT molecular complexity index is 1550. The van der Waals surface area contributed by atoms with Crippen LogP contribution in [-0.2, 0) is 16.6 Å². The van der Waals surface area contributed by atoms with Crippen molar-refractivity contribution in [3.05, 3.63) is 94.4 Å². The molecule has 0 spiro atoms. The lowest BCUT2D eigenvalue weighted by molar-refractivity contribution is 0.102. The summed E-state index contributed by atoms with van der Waals surface area (Å²) < 4.78 is 29.1. The maximum atomic E-state index is 13.1. The minimum atomic E-state index is -3.86. The lowest BCUT2D eigenvalue weighted by Crippen LogP contribution is -2.27. The van der Waals surface area contributed by atoms with Gasteiger partial charge in [0, 0.05) is 31.2 Å². The third-order valence-corrected chi connectivity index (χ3v) is 7.30. The van der Waals surface area contributed by atoms with Gasteiger partial charge >= 0.3 is 0 Å². The minimum Gasteiger partial charge on any atom is -0.332 e. The lowest BCUT2D eigenvalue weighted by atomic mass is 10.1. The highest BCUT2D eigenvalue weighted by molar-refractivity contribution is 7.92. The van der Waals surface area contributed by atoms with Crippen LogP contribution < -0.4 is 15.1 Å². The Morgan fingerprint density at radius 2 is 1.79 bits per heavy atom. The van der Waals surface area contributed by atoms with Gasteiger partial charge in [0.25, 0.3) is 15.9 Å². The van der Waals surface area contributed by atoms with E-state index in [0.717, 1.165) is 5.69 Å². The molecule has 0 aliphatic heterocycles. The second-order valence-electron chi connectivity index (χ2n) is 7.77. The predicted molar refractivity (Wildman–Crippen MR) is 133 cm³/mol. The summed E-state index contributed by atoms with van der Waals surface area (Å²) >= 11 is 0. The third kappa shape index (κ3) is 4.29. The highest BCUT2D eigenvalue weighted by atomic mass is 32.2. The number of hydrogen-bond donors (Lipinski definition) is 1. The zero-order chi connectivity index (χ0) is 24.5. The average Bonchev–Trinajstić information content (AvgIpc) is 2.84. The summed E-state index contributed by atoms with van der Waals surface area (Å²) in [4.78, 5) is 30.5. The fourth-order valence-electron chi connectivity index (χ4n) is 3.63. The van der Waals surface area contributed by atoms with Gasteiger partial charge in [-0.1, -0.05) is 24.3 Å². The maximum absolute atomic E-state index is 13.1. The molecule has 0 saturated carbocycles. The first kappa shape index (κ1) is 23.2. The van der Waals surface area contributed by atoms with E-state index < -0.39 is 21.4 Å². The van der Waals surface area contributed by atoms with Crippen molar-refractivity contribution in [2.75, 3.05) is 16.7 Å². The van der Waals surface area contributed by atoms with Crippen LogP contribution in [0.1, 0.15) is 23.0 Å². The molecular formula is C25H24N4O4S. The van der Waals surface area contributed by atoms with Crippen LogP contribution in [0, 0.1) is 6.92 Å². The number of sulfonamides is 1. The summed E-state index contributed by atoms with van der Waals surface area (Å²) in [7, 11) is -2.39. The molecule has 0 bridgehead atoms. The summed E-state index contributed by atoms with van der Waals surface area (Å²) in [5, 5.41) is 3.01. The van der Waals surface area contributed by atoms with Crippen LogP contribution >= 0.6 is 0 Å². The van der Waals surface area contributed by atoms with Crippen LogP contribution in [0.2, 0.25) is 0 Å². The first-order chi connectivity index (χ1) is 16.2. The second kappa shape index (κ2) is 9.11. The zero-order valence-corrected chi connectivity index (χ0v) is 19.8. The number of carbonyl (C=O) groups excluding carboxylic acids is 1. The number of hydrogen-bond acceptors (Lipinski definition) is 5. The molecule has 2 aromatic carbocycles. The van der Waals surface area contributed by atoms with E-state index in [1.54, 1.807) is 59.2 Å². The van der Waals surface area contributed by atoms with Gasteiger partial charge in [-0.15, -0.1) is 0 Å². The highest BCUT2D eigenvalue weighted by Crippen LogP contribution is 2.24. The smallest absolute Gasteiger partial charge is 0.264 e. The number of nitrogens with zero attached hydrogens (tertiary/aromatic N) is 3. The molecule has 1 amide bonds. The molecule has 0 saturated heterocycles. The van der Waals surface area contributed by atoms with Crippen LogP contribution in [0.25, 0.3) is 11.0 Å². The number of aromatic nitrogens is 2. The number of para-hydroxylation sites is 1. The Morgan fingerprint density at radius 1 is 1.06 bits per heavy atom. The molecular weight excluding hydrogens is 452 g/mol. The van der Waals surface area contributed by atoms with Crippen LogP contribution in [-0.4, -0.2) is 30.9 Å². The summed E-state index contributed by atoms with van der Waals surface area (Å²) in [6, 6.07) is 18.0. The van der Waals surface area contributed by atoms with Gasteiger partial charge in [0.05, 0.1) is 16.0 Å². The molecule has 174 valence electrons. The largest absolute Gasteiger partial charge is 0.332 e. The van der Waals surface area contributed by atoms with Crippen molar-refractivity contribution in [3.63, 3.8) is 0 Å². The van der Waals surface area contributed by atoms with Crippen molar-refractivity contribution in [2.24, 2.45) is 0 Å². The van der Waals surface area contributed by atoms with Gasteiger partial charge in [0.1, 0.15) is 11.2 Å². The summed E-state index contributed by atoms with van der Waals surface area (Å²) in [6.45, 7) is 4.25. The van der Waals surface area contributed by atoms with Crippen LogP contribution in [0.4, 0.5) is 11.4 Å². The van der Waals surface area contributed by atoms with Gasteiger partial charge < -0.3 is 9.88 Å². The number of amides is 1. The number of pyridine rings is 2. The lowest BCUT2D eigenvalue weighted by Gasteiger charge is -2.20. The van der Waals surface area contributed by atoms with Gasteiger partial charge in [0.2, 0.25) is 5.43 Å². The van der Waals surface area contributed by atoms with Crippen LogP contribution in [0.15, 0.2) is 82.6 Å². The molecule has 4 aromatic rings. The number of anilines is 2. The molecule has 0 fully saturated rings. The summed E-state index contributed by atoms with van der Waals surface area (Å²) in [5.41, 5.74) is 1.58. The van der Waals surface area contributed by atoms with Crippen molar-refractivity contribution in [2.45, 2.75) is 25.3 Å². The van der Waals surface area contributed by atoms with Crippen molar-refractivity contribution in [3.8, 4) is 0 Å². The Morgan fingerprint density at radius 3 is 2.50 bits per heavy atom. The molecule has 0 aliphatic rings. The van der Waals surface area contributed by atoms with Gasteiger partial charge in [0.15, 0.2) is 0 Å². The monoisotopic (exact) mass is 476 g/mol. The third-order valence-electron chi connectivity index (χ3n) is 5.52. The molecule has 1 N–H and O–H groups in total. The molecule has 2 heterocycles. The first-order valence-electron chi connectivity index (χ1n) is 10.7. The number of nitrogens with one attached hydrogen (secondary N) is 1. The van der Waals surface area contributed by atoms with Gasteiger partial charge in [-0.25, -0.2) is 13.4 Å². The normalized spacial score (nSPS) is 11.4. The number of benzene rings is 2. The molecule has 0 radical (unpaired) electrons. The number of carbonyl (C=O) groups is 1. The van der Waals surface area contributed by atoms with E-state index in [1.807, 2.05) is 13.8 Å². The molecule has 2 aromatic heterocycles. The van der Waals surface area contributed by atoms with Gasteiger partial charge in [-0.2, -0.15) is 0 Å². The SMILES string of the molecule is CCn1cc(C(=O)Nc2cccc(S(=O)(=O)N(C)c3ccccc3)c2)c(=O)c2ccc(C)nc21. The van der Waals surface area contributed by atoms with E-state index in [2.05, 4.69) is 10.3 Å². The summed E-state index contributed by atoms with van der Waals surface area (Å²) in [6.07, 6.45) is 1.48. The molecule has 34 heavy (non-hydrogen) atoms. The number of aryl methyl sites for hydroxylation is 2. The minimum absolute atomic E-state index is 0.0146. The molecule has 4 rings (SSSR count). The fraction of sp³-hybridized carbons (Fsp3) is 0.160. The molecule has 8 nitrogen and oxygen atoms in total. The fourth-order valence-corrected chi connectivity index (χ4v) is 4.87. The van der Waals surface area contributed by atoms with Gasteiger partial charge in [-0.3, -0.25) is 13.9 Å². The average molecular weight is 477 g/mol. The van der Waals surface area contributed by atoms with E-state index >= 15 is 0 Å². The van der Waals surface area contributed by atoms with Crippen molar-refractivity contribution < 1.29 is 13.2 Å². The maximum Gasteiger partial charge on any atom is 0.264 e. The van der Waals surface area contributed by atoms with E-state index in [0.29, 0.717) is 23.3 Å². The van der Waals surface area contributed by atoms with Crippen LogP contribution in [0.5, 0.6) is 0 Å². The molecule has 0 atom stereocenters. The zero-order valence-electron chi connectivity index (χ0n) is 19.0. The molecule has 0 unspecified atom stereocenters. The van der Waals surface area contributed by atoms with Gasteiger partial charge in [-0.05, 0) is 56.3 Å². The first-order valence-corrected chi connectivity index (χ1v) is 12.1.